The minimum atomic E-state index is -0.940. The monoisotopic (exact) mass is 531 g/mol. The second-order valence-electron chi connectivity index (χ2n) is 9.05. The average Bonchev–Trinajstić information content (AvgIpc) is 3.36. The van der Waals surface area contributed by atoms with Gasteiger partial charge in [-0.05, 0) is 53.1 Å². The Labute approximate surface area is 223 Å². The lowest BCUT2D eigenvalue weighted by Gasteiger charge is -2.19. The lowest BCUT2D eigenvalue weighted by atomic mass is 10.1. The van der Waals surface area contributed by atoms with Crippen LogP contribution in [-0.4, -0.2) is 51.7 Å². The first kappa shape index (κ1) is 25.9. The Bertz CT molecular complexity index is 1480. The lowest BCUT2D eigenvalue weighted by Crippen LogP contribution is -2.43. The number of nitrogens with zero attached hydrogens (tertiary/aromatic N) is 4. The highest BCUT2D eigenvalue weighted by atomic mass is 19.1. The molecule has 0 saturated carbocycles. The van der Waals surface area contributed by atoms with Gasteiger partial charge in [-0.3, -0.25) is 9.78 Å². The van der Waals surface area contributed by atoms with Crippen LogP contribution in [0.15, 0.2) is 79.4 Å². The van der Waals surface area contributed by atoms with Crippen molar-refractivity contribution in [1.82, 2.24) is 20.1 Å². The van der Waals surface area contributed by atoms with Crippen molar-refractivity contribution in [3.05, 3.63) is 102 Å². The second kappa shape index (κ2) is 11.3. The van der Waals surface area contributed by atoms with Crippen LogP contribution in [0.5, 0.6) is 11.5 Å². The third-order valence-corrected chi connectivity index (χ3v) is 6.22. The fraction of sp³-hybridized carbons (Fsp3) is 0.214. The Morgan fingerprint density at radius 1 is 1.21 bits per heavy atom. The maximum atomic E-state index is 13.5. The fourth-order valence-corrected chi connectivity index (χ4v) is 4.16. The summed E-state index contributed by atoms with van der Waals surface area (Å²) in [7, 11) is 1.61. The van der Waals surface area contributed by atoms with E-state index in [0.29, 0.717) is 29.2 Å². The summed E-state index contributed by atoms with van der Waals surface area (Å²) >= 11 is 0. The van der Waals surface area contributed by atoms with Crippen molar-refractivity contribution in [2.45, 2.75) is 25.2 Å². The molecule has 10 nitrogen and oxygen atoms in total. The minimum Gasteiger partial charge on any atom is -0.490 e. The maximum absolute atomic E-state index is 13.5. The van der Waals surface area contributed by atoms with Gasteiger partial charge in [0.1, 0.15) is 30.0 Å². The molecule has 2 unspecified atom stereocenters. The van der Waals surface area contributed by atoms with E-state index < -0.39 is 18.4 Å². The van der Waals surface area contributed by atoms with Crippen LogP contribution in [0, 0.1) is 5.82 Å². The summed E-state index contributed by atoms with van der Waals surface area (Å²) in [6.07, 6.45) is 4.77. The molecular weight excluding hydrogens is 505 g/mol. The van der Waals surface area contributed by atoms with Gasteiger partial charge in [-0.2, -0.15) is 9.78 Å². The smallest absolute Gasteiger partial charge is 0.344 e. The zero-order chi connectivity index (χ0) is 27.4. The normalized spacial score (nSPS) is 15.6. The summed E-state index contributed by atoms with van der Waals surface area (Å²) in [5.74, 6) is 0.206. The number of hydrogen-bond donors (Lipinski definition) is 2. The van der Waals surface area contributed by atoms with Crippen LogP contribution < -0.4 is 19.7 Å². The van der Waals surface area contributed by atoms with Gasteiger partial charge in [-0.15, -0.1) is 0 Å². The van der Waals surface area contributed by atoms with Gasteiger partial charge in [-0.1, -0.05) is 12.1 Å². The van der Waals surface area contributed by atoms with Crippen LogP contribution in [0.1, 0.15) is 29.2 Å². The predicted molar refractivity (Wildman–Crippen MR) is 139 cm³/mol. The van der Waals surface area contributed by atoms with Gasteiger partial charge in [0.15, 0.2) is 6.23 Å². The molecule has 4 aromatic rings. The number of carbonyl (C=O) groups is 2. The van der Waals surface area contributed by atoms with Gasteiger partial charge in [0.05, 0.1) is 18.3 Å². The Hall–Kier alpha value is -4.77. The minimum absolute atomic E-state index is 0.00503. The van der Waals surface area contributed by atoms with Crippen LogP contribution in [0.2, 0.25) is 0 Å². The van der Waals surface area contributed by atoms with E-state index in [1.54, 1.807) is 68.1 Å². The number of nitrogens with one attached hydrogen (secondary N) is 1. The SMILES string of the molecule is CN1C(=O)CC(NC(=O)n2cc(Cc3cccc(F)c3)cn2)Oc2ccc(OCC(O)c3ccncc3)cc21. The summed E-state index contributed by atoms with van der Waals surface area (Å²) in [4.78, 5) is 31.1. The van der Waals surface area contributed by atoms with E-state index in [9.17, 15) is 19.1 Å². The van der Waals surface area contributed by atoms with E-state index in [1.165, 1.54) is 23.2 Å². The summed E-state index contributed by atoms with van der Waals surface area (Å²) in [5, 5.41) is 17.1. The van der Waals surface area contributed by atoms with Crippen molar-refractivity contribution in [2.75, 3.05) is 18.6 Å². The summed E-state index contributed by atoms with van der Waals surface area (Å²) in [5.41, 5.74) is 2.61. The van der Waals surface area contributed by atoms with Gasteiger partial charge >= 0.3 is 6.03 Å². The molecule has 11 heteroatoms. The Morgan fingerprint density at radius 2 is 2.03 bits per heavy atom. The molecule has 39 heavy (non-hydrogen) atoms. The van der Waals surface area contributed by atoms with Crippen LogP contribution in [0.25, 0.3) is 0 Å². The Balaban J connectivity index is 1.24. The standard InChI is InChI=1S/C28H26FN5O5/c1-33-23-13-22(38-17-24(35)20-7-9-30-10-8-20)5-6-25(23)39-26(14-27(33)36)32-28(37)34-16-19(15-31-34)11-18-3-2-4-21(29)12-18/h2-10,12-13,15-16,24,26,35H,11,14,17H2,1H3,(H,32,37). The number of hydrogen-bond acceptors (Lipinski definition) is 7. The molecule has 200 valence electrons. The van der Waals surface area contributed by atoms with Gasteiger partial charge < -0.3 is 24.8 Å². The van der Waals surface area contributed by atoms with Crippen LogP contribution in [0.3, 0.4) is 0 Å². The highest BCUT2D eigenvalue weighted by Gasteiger charge is 2.29. The summed E-state index contributed by atoms with van der Waals surface area (Å²) < 4.78 is 26.3. The largest absolute Gasteiger partial charge is 0.490 e. The molecule has 2 atom stereocenters. The molecular formula is C28H26FN5O5. The predicted octanol–water partition coefficient (Wildman–Crippen LogP) is 3.45. The molecule has 0 aliphatic carbocycles. The Kier molecular flexibility index (Phi) is 7.50. The van der Waals surface area contributed by atoms with Gasteiger partial charge in [0.2, 0.25) is 5.91 Å². The van der Waals surface area contributed by atoms with Crippen LogP contribution in [0.4, 0.5) is 14.9 Å². The molecule has 0 spiro atoms. The van der Waals surface area contributed by atoms with E-state index in [2.05, 4.69) is 15.4 Å². The molecule has 1 aliphatic heterocycles. The number of halogens is 1. The highest BCUT2D eigenvalue weighted by Crippen LogP contribution is 2.35. The topological polar surface area (TPSA) is 119 Å². The molecule has 0 fully saturated rings. The number of aromatic nitrogens is 3. The first-order valence-corrected chi connectivity index (χ1v) is 12.2. The van der Waals surface area contributed by atoms with E-state index >= 15 is 0 Å². The second-order valence-corrected chi connectivity index (χ2v) is 9.05. The first-order chi connectivity index (χ1) is 18.9. The van der Waals surface area contributed by atoms with Crippen molar-refractivity contribution >= 4 is 17.6 Å². The number of pyridine rings is 1. The third-order valence-electron chi connectivity index (χ3n) is 6.22. The molecule has 2 amide bonds. The molecule has 2 aromatic heterocycles. The lowest BCUT2D eigenvalue weighted by molar-refractivity contribution is -0.119. The van der Waals surface area contributed by atoms with E-state index in [-0.39, 0.29) is 24.8 Å². The zero-order valence-electron chi connectivity index (χ0n) is 21.0. The molecule has 2 N–H and O–H groups in total. The molecule has 3 heterocycles. The van der Waals surface area contributed by atoms with Crippen molar-refractivity contribution in [1.29, 1.82) is 0 Å². The van der Waals surface area contributed by atoms with Crippen LogP contribution >= 0.6 is 0 Å². The van der Waals surface area contributed by atoms with Crippen molar-refractivity contribution in [2.24, 2.45) is 0 Å². The number of carbonyl (C=O) groups excluding carboxylic acids is 2. The number of amides is 2. The third kappa shape index (κ3) is 6.21. The molecule has 0 saturated heterocycles. The van der Waals surface area contributed by atoms with Gasteiger partial charge in [-0.25, -0.2) is 9.18 Å². The number of rotatable bonds is 7. The van der Waals surface area contributed by atoms with Crippen molar-refractivity contribution in [3.8, 4) is 11.5 Å². The average molecular weight is 532 g/mol. The number of benzene rings is 2. The number of anilines is 1. The number of ether oxygens (including phenoxy) is 2. The molecule has 0 radical (unpaired) electrons. The number of aliphatic hydroxyl groups is 1. The zero-order valence-corrected chi connectivity index (χ0v) is 21.0. The molecule has 1 aliphatic rings. The quantitative estimate of drug-likeness (QED) is 0.375. The summed E-state index contributed by atoms with van der Waals surface area (Å²) in [6.45, 7) is 0.00503. The van der Waals surface area contributed by atoms with E-state index in [0.717, 1.165) is 15.8 Å². The molecule has 2 aromatic carbocycles. The van der Waals surface area contributed by atoms with Crippen molar-refractivity contribution < 1.29 is 28.6 Å². The molecule has 5 rings (SSSR count). The first-order valence-electron chi connectivity index (χ1n) is 12.2. The highest BCUT2D eigenvalue weighted by molar-refractivity contribution is 5.96. The maximum Gasteiger partial charge on any atom is 0.344 e. The summed E-state index contributed by atoms with van der Waals surface area (Å²) in [6, 6.07) is 14.0. The Morgan fingerprint density at radius 3 is 2.82 bits per heavy atom. The van der Waals surface area contributed by atoms with Crippen LogP contribution in [-0.2, 0) is 11.2 Å². The number of fused-ring (bicyclic) bond motifs is 1. The van der Waals surface area contributed by atoms with E-state index in [1.807, 2.05) is 0 Å². The molecule has 0 bridgehead atoms. The number of aliphatic hydroxyl groups excluding tert-OH is 1. The van der Waals surface area contributed by atoms with E-state index in [4.69, 9.17) is 9.47 Å². The van der Waals surface area contributed by atoms with Gasteiger partial charge in [0, 0.05) is 38.1 Å². The van der Waals surface area contributed by atoms with Gasteiger partial charge in [0.25, 0.3) is 0 Å². The van der Waals surface area contributed by atoms with Crippen molar-refractivity contribution in [3.63, 3.8) is 0 Å². The fourth-order valence-electron chi connectivity index (χ4n) is 4.16.